The van der Waals surface area contributed by atoms with E-state index in [1.54, 1.807) is 34.6 Å². The third-order valence-electron chi connectivity index (χ3n) is 11.9. The van der Waals surface area contributed by atoms with Crippen LogP contribution in [-0.4, -0.2) is 149 Å². The number of hydrogen-bond acceptors (Lipinski definition) is 14. The van der Waals surface area contributed by atoms with Gasteiger partial charge in [0.2, 0.25) is 0 Å². The van der Waals surface area contributed by atoms with Gasteiger partial charge in [-0.15, -0.1) is 0 Å². The lowest BCUT2D eigenvalue weighted by atomic mass is 9.78. The highest BCUT2D eigenvalue weighted by Crippen LogP contribution is 2.42. The van der Waals surface area contributed by atoms with Gasteiger partial charge >= 0.3 is 5.97 Å². The van der Waals surface area contributed by atoms with Crippen LogP contribution >= 0.6 is 0 Å². The number of nitrogens with zero attached hydrogens (tertiary/aromatic N) is 2. The molecule has 14 nitrogen and oxygen atoms in total. The van der Waals surface area contributed by atoms with Crippen LogP contribution in [0.25, 0.3) is 0 Å². The van der Waals surface area contributed by atoms with Gasteiger partial charge in [0.15, 0.2) is 24.1 Å². The first-order valence-electron chi connectivity index (χ1n) is 18.7. The summed E-state index contributed by atoms with van der Waals surface area (Å²) >= 11 is 0. The van der Waals surface area contributed by atoms with Gasteiger partial charge in [0, 0.05) is 31.9 Å². The Morgan fingerprint density at radius 2 is 1.59 bits per heavy atom. The number of aliphatic imine (C=N–C) groups is 1. The second kappa shape index (κ2) is 16.1. The number of aliphatic hydroxyl groups is 4. The molecule has 0 aliphatic carbocycles. The van der Waals surface area contributed by atoms with Gasteiger partial charge in [0.05, 0.1) is 53.5 Å². The molecule has 0 radical (unpaired) electrons. The molecule has 4 aliphatic heterocycles. The summed E-state index contributed by atoms with van der Waals surface area (Å²) in [7, 11) is 5.28. The number of likely N-dealkylation sites (N-methyl/N-ethyl adjacent to an activating group) is 1. The number of cyclic esters (lactones) is 1. The Hall–Kier alpha value is -1.46. The largest absolute Gasteiger partial charge is 0.468 e. The SMILES string of the molecule is CC[C@H]1OC(=O)[C@H](C)[C@@H](O[C@H]2C[C@@](C)(OC)[C@@H](O)[C@H](C)O2)[C@H](C)[C@@H](O[C@@H]2O[C@H](C)C[C@H](N(C)C)[C@H]2O)C(C)(O)C[C@@H](C)N=C2O[C@]1(C)[C@H](O)[C@H]2C. The molecule has 51 heavy (non-hydrogen) atoms. The highest BCUT2D eigenvalue weighted by atomic mass is 16.7. The molecule has 0 spiro atoms. The lowest BCUT2D eigenvalue weighted by molar-refractivity contribution is -0.317. The van der Waals surface area contributed by atoms with Crippen LogP contribution in [0.5, 0.6) is 0 Å². The van der Waals surface area contributed by atoms with Crippen molar-refractivity contribution in [2.24, 2.45) is 22.7 Å². The number of carbonyl (C=O) groups excluding carboxylic acids is 1. The van der Waals surface area contributed by atoms with Gasteiger partial charge in [-0.3, -0.25) is 9.79 Å². The van der Waals surface area contributed by atoms with Gasteiger partial charge in [-0.1, -0.05) is 20.8 Å². The zero-order valence-corrected chi connectivity index (χ0v) is 32.9. The standard InChI is InChI=1S/C37H66N2O12/c1-14-25-37(10)29(41)22(6)32(51-37)38-18(2)16-35(8,44)31(50-34-27(40)24(39(11)12)15-19(3)46-34)20(4)28(21(5)33(43)48-25)49-26-17-36(9,45-13)30(42)23(7)47-26/h18-31,34,40-42,44H,14-17H2,1-13H3/t18-,19-,20+,21-,22-,23+,24+,25-,26+,27-,28+,29-,30+,31-,34+,35?,36-,37+/m1/s1. The average molecular weight is 731 g/mol. The van der Waals surface area contributed by atoms with E-state index < -0.39 is 102 Å². The van der Waals surface area contributed by atoms with E-state index in [0.717, 1.165) is 0 Å². The molecular formula is C37H66N2O12. The molecule has 3 fully saturated rings. The van der Waals surface area contributed by atoms with Crippen LogP contribution in [0.3, 0.4) is 0 Å². The van der Waals surface area contributed by atoms with Crippen molar-refractivity contribution in [1.82, 2.24) is 4.90 Å². The van der Waals surface area contributed by atoms with E-state index in [0.29, 0.717) is 18.7 Å². The normalized spacial score (nSPS) is 50.3. The lowest BCUT2D eigenvalue weighted by Crippen LogP contribution is -2.60. The minimum Gasteiger partial charge on any atom is -0.468 e. The van der Waals surface area contributed by atoms with E-state index in [-0.39, 0.29) is 25.0 Å². The maximum absolute atomic E-state index is 14.2. The van der Waals surface area contributed by atoms with Crippen molar-refractivity contribution < 1.29 is 58.4 Å². The van der Waals surface area contributed by atoms with Crippen LogP contribution in [-0.2, 0) is 38.0 Å². The van der Waals surface area contributed by atoms with Crippen molar-refractivity contribution in [1.29, 1.82) is 0 Å². The summed E-state index contributed by atoms with van der Waals surface area (Å²) in [5.41, 5.74) is -3.90. The molecule has 0 amide bonds. The van der Waals surface area contributed by atoms with Crippen molar-refractivity contribution in [3.8, 4) is 0 Å². The zero-order valence-electron chi connectivity index (χ0n) is 32.9. The smallest absolute Gasteiger partial charge is 0.311 e. The van der Waals surface area contributed by atoms with E-state index in [2.05, 4.69) is 0 Å². The summed E-state index contributed by atoms with van der Waals surface area (Å²) in [6.45, 7) is 17.8. The predicted octanol–water partition coefficient (Wildman–Crippen LogP) is 2.41. The Kier molecular flexibility index (Phi) is 13.4. The third-order valence-corrected chi connectivity index (χ3v) is 11.9. The van der Waals surface area contributed by atoms with Crippen molar-refractivity contribution in [2.75, 3.05) is 21.2 Å². The molecule has 2 bridgehead atoms. The van der Waals surface area contributed by atoms with E-state index in [9.17, 15) is 25.2 Å². The fraction of sp³-hybridized carbons (Fsp3) is 0.946. The van der Waals surface area contributed by atoms with Crippen molar-refractivity contribution in [3.05, 3.63) is 0 Å². The number of ether oxygens (including phenoxy) is 7. The van der Waals surface area contributed by atoms with Crippen molar-refractivity contribution in [2.45, 2.75) is 185 Å². The summed E-state index contributed by atoms with van der Waals surface area (Å²) in [6, 6.07) is -0.767. The molecule has 4 heterocycles. The first-order chi connectivity index (χ1) is 23.6. The topological polar surface area (TPSA) is 178 Å². The summed E-state index contributed by atoms with van der Waals surface area (Å²) in [5, 5.41) is 46.3. The van der Waals surface area contributed by atoms with Gasteiger partial charge in [0.1, 0.15) is 24.4 Å². The fourth-order valence-electron chi connectivity index (χ4n) is 8.65. The highest BCUT2D eigenvalue weighted by molar-refractivity contribution is 5.82. The van der Waals surface area contributed by atoms with E-state index in [1.165, 1.54) is 7.11 Å². The summed E-state index contributed by atoms with van der Waals surface area (Å²) in [6.07, 6.45) is -7.63. The Morgan fingerprint density at radius 3 is 2.18 bits per heavy atom. The molecule has 0 aromatic carbocycles. The average Bonchev–Trinajstić information content (AvgIpc) is 3.26. The molecule has 0 aromatic rings. The number of hydrogen-bond donors (Lipinski definition) is 4. The molecule has 14 heteroatoms. The molecule has 296 valence electrons. The number of aliphatic hydroxyl groups excluding tert-OH is 3. The van der Waals surface area contributed by atoms with Crippen LogP contribution in [0.15, 0.2) is 4.99 Å². The second-order valence-corrected chi connectivity index (χ2v) is 16.5. The molecule has 3 saturated heterocycles. The number of carbonyl (C=O) groups is 1. The van der Waals surface area contributed by atoms with Crippen LogP contribution < -0.4 is 0 Å². The first kappa shape index (κ1) is 42.3. The van der Waals surface area contributed by atoms with Gasteiger partial charge < -0.3 is 58.5 Å². The van der Waals surface area contributed by atoms with Gasteiger partial charge in [-0.25, -0.2) is 0 Å². The summed E-state index contributed by atoms with van der Waals surface area (Å²) in [4.78, 5) is 21.0. The van der Waals surface area contributed by atoms with E-state index in [1.807, 2.05) is 53.6 Å². The Morgan fingerprint density at radius 1 is 0.941 bits per heavy atom. The third kappa shape index (κ3) is 8.60. The quantitative estimate of drug-likeness (QED) is 0.281. The molecule has 1 unspecified atom stereocenters. The molecule has 4 aliphatic rings. The molecule has 0 saturated carbocycles. The minimum absolute atomic E-state index is 0.0948. The number of rotatable bonds is 7. The number of fused-ring (bicyclic) bond motifs is 2. The molecular weight excluding hydrogens is 664 g/mol. The second-order valence-electron chi connectivity index (χ2n) is 16.5. The molecule has 18 atom stereocenters. The first-order valence-corrected chi connectivity index (χ1v) is 18.7. The van der Waals surface area contributed by atoms with E-state index >= 15 is 0 Å². The Bertz CT molecular complexity index is 1220. The van der Waals surface area contributed by atoms with Crippen molar-refractivity contribution >= 4 is 11.9 Å². The van der Waals surface area contributed by atoms with Gasteiger partial charge in [-0.05, 0) is 75.4 Å². The lowest BCUT2D eigenvalue weighted by Gasteiger charge is -2.48. The fourth-order valence-corrected chi connectivity index (χ4v) is 8.65. The number of esters is 1. The van der Waals surface area contributed by atoms with Gasteiger partial charge in [0.25, 0.3) is 0 Å². The van der Waals surface area contributed by atoms with Crippen LogP contribution in [0.1, 0.15) is 94.9 Å². The Balaban J connectivity index is 1.82. The zero-order chi connectivity index (χ0) is 38.4. The summed E-state index contributed by atoms with van der Waals surface area (Å²) in [5.74, 6) is -2.46. The predicted molar refractivity (Wildman–Crippen MR) is 188 cm³/mol. The molecule has 4 rings (SSSR count). The van der Waals surface area contributed by atoms with Gasteiger partial charge in [-0.2, -0.15) is 0 Å². The minimum atomic E-state index is -1.62. The summed E-state index contributed by atoms with van der Waals surface area (Å²) < 4.78 is 44.0. The van der Waals surface area contributed by atoms with Crippen molar-refractivity contribution in [3.63, 3.8) is 0 Å². The maximum Gasteiger partial charge on any atom is 0.311 e. The number of methoxy groups -OCH3 is 1. The van der Waals surface area contributed by atoms with Crippen LogP contribution in [0, 0.1) is 17.8 Å². The highest BCUT2D eigenvalue weighted by Gasteiger charge is 2.56. The maximum atomic E-state index is 14.2. The molecule has 4 N–H and O–H groups in total. The monoisotopic (exact) mass is 730 g/mol. The Labute approximate surface area is 304 Å². The van der Waals surface area contributed by atoms with Crippen LogP contribution in [0.2, 0.25) is 0 Å². The van der Waals surface area contributed by atoms with Crippen LogP contribution in [0.4, 0.5) is 0 Å². The molecule has 0 aromatic heterocycles. The van der Waals surface area contributed by atoms with E-state index in [4.69, 9.17) is 38.2 Å².